The van der Waals surface area contributed by atoms with E-state index in [9.17, 15) is 28.1 Å². The molecule has 0 unspecified atom stereocenters. The molecule has 0 amide bonds. The molecule has 0 aliphatic rings. The SMILES string of the molecule is CCOC(=O)C(F)(F)[C@@H](N)c1ccc(F)cc1[N+](=O)[O-]. The maximum absolute atomic E-state index is 13.7. The summed E-state index contributed by atoms with van der Waals surface area (Å²) >= 11 is 0. The van der Waals surface area contributed by atoms with Gasteiger partial charge in [0.1, 0.15) is 11.9 Å². The molecule has 20 heavy (non-hydrogen) atoms. The molecule has 2 N–H and O–H groups in total. The minimum Gasteiger partial charge on any atom is -0.462 e. The summed E-state index contributed by atoms with van der Waals surface area (Å²) in [7, 11) is 0. The van der Waals surface area contributed by atoms with Crippen molar-refractivity contribution in [1.82, 2.24) is 0 Å². The van der Waals surface area contributed by atoms with Gasteiger partial charge in [-0.3, -0.25) is 10.1 Å². The molecule has 1 aromatic rings. The van der Waals surface area contributed by atoms with Crippen LogP contribution < -0.4 is 5.73 Å². The number of esters is 1. The molecule has 9 heteroatoms. The number of rotatable bonds is 5. The molecule has 0 bridgehead atoms. The number of nitrogens with two attached hydrogens (primary N) is 1. The number of hydrogen-bond acceptors (Lipinski definition) is 5. The van der Waals surface area contributed by atoms with Crippen molar-refractivity contribution >= 4 is 11.7 Å². The summed E-state index contributed by atoms with van der Waals surface area (Å²) in [5.74, 6) is -7.04. The van der Waals surface area contributed by atoms with Gasteiger partial charge >= 0.3 is 11.9 Å². The molecule has 0 aliphatic heterocycles. The van der Waals surface area contributed by atoms with E-state index >= 15 is 0 Å². The minimum atomic E-state index is -4.17. The van der Waals surface area contributed by atoms with E-state index in [1.54, 1.807) is 0 Å². The topological polar surface area (TPSA) is 95.5 Å². The maximum Gasteiger partial charge on any atom is 0.379 e. The predicted molar refractivity (Wildman–Crippen MR) is 61.6 cm³/mol. The zero-order chi connectivity index (χ0) is 15.5. The van der Waals surface area contributed by atoms with Gasteiger partial charge in [-0.15, -0.1) is 0 Å². The highest BCUT2D eigenvalue weighted by Crippen LogP contribution is 2.35. The van der Waals surface area contributed by atoms with Crippen LogP contribution in [0.15, 0.2) is 18.2 Å². The zero-order valence-corrected chi connectivity index (χ0v) is 10.3. The van der Waals surface area contributed by atoms with Gasteiger partial charge in [-0.05, 0) is 19.1 Å². The first-order valence-electron chi connectivity index (χ1n) is 5.46. The van der Waals surface area contributed by atoms with Gasteiger partial charge in [0.05, 0.1) is 23.2 Å². The quantitative estimate of drug-likeness (QED) is 0.508. The number of halogens is 3. The number of ether oxygens (including phenoxy) is 1. The average molecular weight is 292 g/mol. The third kappa shape index (κ3) is 3.05. The molecule has 0 spiro atoms. The van der Waals surface area contributed by atoms with Crippen LogP contribution >= 0.6 is 0 Å². The van der Waals surface area contributed by atoms with E-state index in [0.29, 0.717) is 6.07 Å². The molecular formula is C11H11F3N2O4. The Balaban J connectivity index is 3.23. The van der Waals surface area contributed by atoms with Crippen LogP contribution in [0.1, 0.15) is 18.5 Å². The van der Waals surface area contributed by atoms with Gasteiger partial charge in [-0.1, -0.05) is 0 Å². The van der Waals surface area contributed by atoms with Crippen LogP contribution in [0.3, 0.4) is 0 Å². The summed E-state index contributed by atoms with van der Waals surface area (Å²) in [5.41, 5.74) is 3.63. The third-order valence-corrected chi connectivity index (χ3v) is 2.46. The summed E-state index contributed by atoms with van der Waals surface area (Å²) in [6.07, 6.45) is 0. The lowest BCUT2D eigenvalue weighted by Crippen LogP contribution is -2.42. The second-order valence-electron chi connectivity index (χ2n) is 3.78. The van der Waals surface area contributed by atoms with Crippen molar-refractivity contribution in [2.24, 2.45) is 5.73 Å². The Kier molecular flexibility index (Phi) is 4.66. The van der Waals surface area contributed by atoms with E-state index in [2.05, 4.69) is 4.74 Å². The van der Waals surface area contributed by atoms with E-state index in [1.165, 1.54) is 6.92 Å². The van der Waals surface area contributed by atoms with Crippen LogP contribution in [0.25, 0.3) is 0 Å². The Hall–Kier alpha value is -2.16. The largest absolute Gasteiger partial charge is 0.462 e. The Morgan fingerprint density at radius 3 is 2.65 bits per heavy atom. The number of alkyl halides is 2. The van der Waals surface area contributed by atoms with E-state index in [-0.39, 0.29) is 6.61 Å². The Bertz CT molecular complexity index is 536. The van der Waals surface area contributed by atoms with Crippen molar-refractivity contribution in [3.8, 4) is 0 Å². The van der Waals surface area contributed by atoms with Crippen molar-refractivity contribution < 1.29 is 27.6 Å². The zero-order valence-electron chi connectivity index (χ0n) is 10.3. The number of hydrogen-bond donors (Lipinski definition) is 1. The molecule has 0 aromatic heterocycles. The van der Waals surface area contributed by atoms with Crippen molar-refractivity contribution in [1.29, 1.82) is 0 Å². The summed E-state index contributed by atoms with van der Waals surface area (Å²) in [6.45, 7) is 1.02. The highest BCUT2D eigenvalue weighted by molar-refractivity contribution is 5.79. The maximum atomic E-state index is 13.7. The predicted octanol–water partition coefficient (Wildman–Crippen LogP) is 1.93. The fourth-order valence-electron chi connectivity index (χ4n) is 1.49. The lowest BCUT2D eigenvalue weighted by Gasteiger charge is -2.21. The van der Waals surface area contributed by atoms with Gasteiger partial charge in [0, 0.05) is 0 Å². The number of benzene rings is 1. The first kappa shape index (κ1) is 15.9. The summed E-state index contributed by atoms with van der Waals surface area (Å²) in [6, 6.07) is -0.381. The van der Waals surface area contributed by atoms with E-state index in [0.717, 1.165) is 12.1 Å². The first-order valence-corrected chi connectivity index (χ1v) is 5.46. The van der Waals surface area contributed by atoms with Crippen molar-refractivity contribution in [2.75, 3.05) is 6.61 Å². The van der Waals surface area contributed by atoms with Crippen LogP contribution in [0.2, 0.25) is 0 Å². The smallest absolute Gasteiger partial charge is 0.379 e. The lowest BCUT2D eigenvalue weighted by atomic mass is 9.99. The van der Waals surface area contributed by atoms with Gasteiger partial charge in [-0.2, -0.15) is 8.78 Å². The van der Waals surface area contributed by atoms with E-state index in [1.807, 2.05) is 0 Å². The standard InChI is InChI=1S/C11H11F3N2O4/c1-2-20-10(17)11(13,14)9(15)7-4-3-6(12)5-8(7)16(18)19/h3-5,9H,2,15H2,1H3/t9-/m0/s1. The summed E-state index contributed by atoms with van der Waals surface area (Å²) < 4.78 is 44.5. The van der Waals surface area contributed by atoms with Crippen molar-refractivity contribution in [3.63, 3.8) is 0 Å². The van der Waals surface area contributed by atoms with Crippen LogP contribution in [-0.4, -0.2) is 23.4 Å². The summed E-state index contributed by atoms with van der Waals surface area (Å²) in [5, 5.41) is 10.7. The molecule has 0 heterocycles. The molecule has 1 rings (SSSR count). The van der Waals surface area contributed by atoms with Gasteiger partial charge in [0.15, 0.2) is 0 Å². The molecule has 6 nitrogen and oxygen atoms in total. The van der Waals surface area contributed by atoms with Gasteiger partial charge in [0.25, 0.3) is 5.69 Å². The molecule has 0 aliphatic carbocycles. The van der Waals surface area contributed by atoms with Gasteiger partial charge in [-0.25, -0.2) is 9.18 Å². The monoisotopic (exact) mass is 292 g/mol. The van der Waals surface area contributed by atoms with Crippen LogP contribution in [0, 0.1) is 15.9 Å². The molecule has 0 saturated carbocycles. The molecule has 0 radical (unpaired) electrons. The molecule has 1 aromatic carbocycles. The van der Waals surface area contributed by atoms with E-state index in [4.69, 9.17) is 5.73 Å². The minimum absolute atomic E-state index is 0.299. The fourth-order valence-corrected chi connectivity index (χ4v) is 1.49. The summed E-state index contributed by atoms with van der Waals surface area (Å²) in [4.78, 5) is 20.8. The highest BCUT2D eigenvalue weighted by Gasteiger charge is 2.49. The second kappa shape index (κ2) is 5.87. The van der Waals surface area contributed by atoms with Crippen LogP contribution in [0.5, 0.6) is 0 Å². The third-order valence-electron chi connectivity index (χ3n) is 2.46. The number of carbonyl (C=O) groups excluding carboxylic acids is 1. The van der Waals surface area contributed by atoms with Crippen molar-refractivity contribution in [3.05, 3.63) is 39.7 Å². The molecular weight excluding hydrogens is 281 g/mol. The Labute approximate surface area is 111 Å². The normalized spacial score (nSPS) is 12.8. The number of nitro benzene ring substituents is 1. The number of nitro groups is 1. The molecule has 1 atom stereocenters. The van der Waals surface area contributed by atoms with Crippen LogP contribution in [-0.2, 0) is 9.53 Å². The molecule has 0 saturated heterocycles. The fraction of sp³-hybridized carbons (Fsp3) is 0.364. The lowest BCUT2D eigenvalue weighted by molar-refractivity contribution is -0.386. The molecule has 110 valence electrons. The highest BCUT2D eigenvalue weighted by atomic mass is 19.3. The number of carbonyl (C=O) groups is 1. The Morgan fingerprint density at radius 2 is 2.15 bits per heavy atom. The van der Waals surface area contributed by atoms with Crippen LogP contribution in [0.4, 0.5) is 18.9 Å². The van der Waals surface area contributed by atoms with Gasteiger partial charge < -0.3 is 10.5 Å². The van der Waals surface area contributed by atoms with Gasteiger partial charge in [0.2, 0.25) is 0 Å². The number of nitrogens with zero attached hydrogens (tertiary/aromatic N) is 1. The van der Waals surface area contributed by atoms with Crippen molar-refractivity contribution in [2.45, 2.75) is 18.9 Å². The first-order chi connectivity index (χ1) is 9.21. The Morgan fingerprint density at radius 1 is 1.55 bits per heavy atom. The average Bonchev–Trinajstić information content (AvgIpc) is 2.37. The van der Waals surface area contributed by atoms with E-state index < -0.39 is 39.9 Å². The molecule has 0 fully saturated rings. The second-order valence-corrected chi connectivity index (χ2v) is 3.78.